The number of carbonyl (C=O) groups excluding carboxylic acids is 1. The van der Waals surface area contributed by atoms with Crippen molar-refractivity contribution in [2.75, 3.05) is 10.0 Å². The van der Waals surface area contributed by atoms with Crippen LogP contribution in [0.5, 0.6) is 0 Å². The number of sulfonamides is 1. The molecule has 44 heavy (non-hydrogen) atoms. The predicted octanol–water partition coefficient (Wildman–Crippen LogP) is 7.45. The first-order chi connectivity index (χ1) is 19.5. The van der Waals surface area contributed by atoms with Crippen molar-refractivity contribution in [1.82, 2.24) is 0 Å². The zero-order valence-electron chi connectivity index (χ0n) is 20.9. The summed E-state index contributed by atoms with van der Waals surface area (Å²) >= 11 is 0. The van der Waals surface area contributed by atoms with Crippen LogP contribution < -0.4 is 10.0 Å². The van der Waals surface area contributed by atoms with E-state index in [1.54, 1.807) is 6.92 Å². The van der Waals surface area contributed by atoms with E-state index < -0.39 is 75.2 Å². The lowest BCUT2D eigenvalue weighted by Gasteiger charge is -2.42. The van der Waals surface area contributed by atoms with E-state index in [9.17, 15) is 83.5 Å². The largest absolute Gasteiger partial charge is 0.393 e. The molecule has 1 amide bonds. The Balaban J connectivity index is 2.36. The predicted molar refractivity (Wildman–Crippen MR) is 118 cm³/mol. The lowest BCUT2D eigenvalue weighted by atomic mass is 9.89. The fourth-order valence-electron chi connectivity index (χ4n) is 3.04. The zero-order chi connectivity index (χ0) is 34.5. The quantitative estimate of drug-likeness (QED) is 0.228. The monoisotopic (exact) mass is 690 g/mol. The number of hydrogen-bond acceptors (Lipinski definition) is 3. The minimum atomic E-state index is -8.63. The van der Waals surface area contributed by atoms with Crippen LogP contribution in [0, 0.1) is 6.92 Å². The second kappa shape index (κ2) is 11.2. The molecule has 0 aliphatic heterocycles. The van der Waals surface area contributed by atoms with Crippen molar-refractivity contribution < 1.29 is 83.5 Å². The smallest absolute Gasteiger partial charge is 0.321 e. The minimum Gasteiger partial charge on any atom is -0.321 e. The Labute approximate surface area is 235 Å². The minimum absolute atomic E-state index is 0.290. The third-order valence-electron chi connectivity index (χ3n) is 5.68. The van der Waals surface area contributed by atoms with Crippen molar-refractivity contribution in [3.63, 3.8) is 0 Å². The third-order valence-corrected chi connectivity index (χ3v) is 7.07. The second-order valence-electron chi connectivity index (χ2n) is 8.82. The van der Waals surface area contributed by atoms with Crippen LogP contribution in [-0.4, -0.2) is 62.2 Å². The van der Waals surface area contributed by atoms with Gasteiger partial charge in [-0.25, -0.2) is 17.2 Å². The first-order valence-corrected chi connectivity index (χ1v) is 12.4. The number of carbonyl (C=O) groups is 1. The third kappa shape index (κ3) is 5.71. The van der Waals surface area contributed by atoms with E-state index in [2.05, 4.69) is 0 Å². The first kappa shape index (κ1) is 36.7. The molecule has 0 unspecified atom stereocenters. The molecule has 0 saturated heterocycles. The van der Waals surface area contributed by atoms with Crippen molar-refractivity contribution >= 4 is 27.3 Å². The molecule has 0 aromatic heterocycles. The Bertz CT molecular complexity index is 1460. The number of benzene rings is 2. The van der Waals surface area contributed by atoms with E-state index >= 15 is 0 Å². The summed E-state index contributed by atoms with van der Waals surface area (Å²) in [6.45, 7) is 1.62. The highest BCUT2D eigenvalue weighted by molar-refractivity contribution is 7.92. The van der Waals surface area contributed by atoms with Gasteiger partial charge in [-0.3, -0.25) is 9.52 Å². The van der Waals surface area contributed by atoms with Crippen LogP contribution in [0.3, 0.4) is 0 Å². The molecule has 0 saturated carbocycles. The van der Waals surface area contributed by atoms with Crippen molar-refractivity contribution in [1.29, 1.82) is 0 Å². The van der Waals surface area contributed by atoms with Gasteiger partial charge in [0.15, 0.2) is 0 Å². The van der Waals surface area contributed by atoms with Crippen molar-refractivity contribution in [3.05, 3.63) is 54.1 Å². The molecule has 0 fully saturated rings. The van der Waals surface area contributed by atoms with Gasteiger partial charge in [0.2, 0.25) is 0 Å². The normalized spacial score (nSPS) is 14.5. The Morgan fingerprint density at radius 1 is 0.614 bits per heavy atom. The molecule has 0 spiro atoms. The van der Waals surface area contributed by atoms with E-state index in [1.807, 2.05) is 4.72 Å². The highest BCUT2D eigenvalue weighted by Crippen LogP contribution is 2.62. The number of aryl methyl sites for hydroxylation is 1. The first-order valence-electron chi connectivity index (χ1n) is 11.0. The maximum Gasteiger partial charge on any atom is 0.393 e. The molecule has 2 aromatic rings. The molecule has 0 atom stereocenters. The standard InChI is InChI=1S/C22H14F16N2O3S/c1-10-2-8-13(9-3-10)44(42,43)40-12-6-4-11(5-7-12)39-15(41)17(27,28)19(31,32)21(35,36)22(37,38)20(33,34)18(29,30)16(25,26)14(23)24/h2-9,14,40H,1H3,(H,39,41). The van der Waals surface area contributed by atoms with Gasteiger partial charge in [-0.2, -0.15) is 61.5 Å². The number of anilines is 2. The summed E-state index contributed by atoms with van der Waals surface area (Å²) in [4.78, 5) is 11.4. The molecule has 0 aliphatic rings. The molecular weight excluding hydrogens is 676 g/mol. The highest BCUT2D eigenvalue weighted by atomic mass is 32.2. The van der Waals surface area contributed by atoms with Crippen LogP contribution in [0.1, 0.15) is 5.56 Å². The van der Waals surface area contributed by atoms with Gasteiger partial charge in [0.1, 0.15) is 0 Å². The summed E-state index contributed by atoms with van der Waals surface area (Å²) in [6, 6.07) is 7.34. The summed E-state index contributed by atoms with van der Waals surface area (Å²) < 4.78 is 242. The van der Waals surface area contributed by atoms with Gasteiger partial charge in [0.25, 0.3) is 10.0 Å². The SMILES string of the molecule is Cc1ccc(S(=O)(=O)Nc2ccc(NC(=O)C(F)(F)C(F)(F)C(F)(F)C(F)(F)C(F)(F)C(F)(F)C(F)(F)C(F)F)cc2)cc1. The Hall–Kier alpha value is -3.46. The Kier molecular flexibility index (Phi) is 9.32. The summed E-state index contributed by atoms with van der Waals surface area (Å²) in [6.07, 6.45) is -5.97. The molecule has 2 rings (SSSR count). The van der Waals surface area contributed by atoms with Crippen LogP contribution >= 0.6 is 0 Å². The van der Waals surface area contributed by atoms with Gasteiger partial charge in [-0.15, -0.1) is 0 Å². The van der Waals surface area contributed by atoms with Crippen molar-refractivity contribution in [3.8, 4) is 0 Å². The Morgan fingerprint density at radius 2 is 1.00 bits per heavy atom. The van der Waals surface area contributed by atoms with Gasteiger partial charge in [0, 0.05) is 11.4 Å². The molecule has 0 heterocycles. The van der Waals surface area contributed by atoms with Crippen molar-refractivity contribution in [2.24, 2.45) is 0 Å². The van der Waals surface area contributed by atoms with E-state index in [0.717, 1.165) is 17.4 Å². The highest BCUT2D eigenvalue weighted by Gasteiger charge is 2.94. The van der Waals surface area contributed by atoms with Gasteiger partial charge < -0.3 is 5.32 Å². The van der Waals surface area contributed by atoms with Gasteiger partial charge >= 0.3 is 53.8 Å². The van der Waals surface area contributed by atoms with Crippen molar-refractivity contribution in [2.45, 2.75) is 59.7 Å². The number of rotatable bonds is 12. The fourth-order valence-corrected chi connectivity index (χ4v) is 4.10. The van der Waals surface area contributed by atoms with Crippen LogP contribution in [0.4, 0.5) is 81.6 Å². The van der Waals surface area contributed by atoms with Gasteiger partial charge in [-0.05, 0) is 43.3 Å². The maximum atomic E-state index is 14.1. The molecule has 0 aliphatic carbocycles. The van der Waals surface area contributed by atoms with Gasteiger partial charge in [0.05, 0.1) is 4.90 Å². The number of halogens is 16. The van der Waals surface area contributed by atoms with E-state index in [4.69, 9.17) is 0 Å². The van der Waals surface area contributed by atoms with Gasteiger partial charge in [-0.1, -0.05) is 17.7 Å². The summed E-state index contributed by atoms with van der Waals surface area (Å²) in [5.74, 6) is -60.5. The molecule has 2 aromatic carbocycles. The average molecular weight is 690 g/mol. The fraction of sp³-hybridized carbons (Fsp3) is 0.409. The molecular formula is C22H14F16N2O3S. The molecule has 0 radical (unpaired) electrons. The lowest BCUT2D eigenvalue weighted by Crippen LogP contribution is -2.74. The number of hydrogen-bond donors (Lipinski definition) is 2. The lowest BCUT2D eigenvalue weighted by molar-refractivity contribution is -0.443. The van der Waals surface area contributed by atoms with Crippen LogP contribution in [0.2, 0.25) is 0 Å². The second-order valence-corrected chi connectivity index (χ2v) is 10.5. The van der Waals surface area contributed by atoms with Crippen LogP contribution in [-0.2, 0) is 14.8 Å². The summed E-state index contributed by atoms with van der Waals surface area (Å²) in [5.41, 5.74) is -0.810. The average Bonchev–Trinajstić information content (AvgIpc) is 2.89. The molecule has 22 heteroatoms. The summed E-state index contributed by atoms with van der Waals surface area (Å²) in [5, 5.41) is 0.769. The van der Waals surface area contributed by atoms with E-state index in [1.165, 1.54) is 12.1 Å². The summed E-state index contributed by atoms with van der Waals surface area (Å²) in [7, 11) is -4.29. The number of amides is 1. The van der Waals surface area contributed by atoms with Crippen LogP contribution in [0.15, 0.2) is 53.4 Å². The molecule has 248 valence electrons. The zero-order valence-corrected chi connectivity index (χ0v) is 21.7. The Morgan fingerprint density at radius 3 is 1.43 bits per heavy atom. The number of nitrogens with one attached hydrogen (secondary N) is 2. The molecule has 2 N–H and O–H groups in total. The molecule has 0 bridgehead atoms. The van der Waals surface area contributed by atoms with E-state index in [-0.39, 0.29) is 4.90 Å². The topological polar surface area (TPSA) is 75.3 Å². The molecule has 5 nitrogen and oxygen atoms in total. The number of alkyl halides is 16. The van der Waals surface area contributed by atoms with E-state index in [0.29, 0.717) is 29.8 Å². The maximum absolute atomic E-state index is 14.1. The van der Waals surface area contributed by atoms with Crippen LogP contribution in [0.25, 0.3) is 0 Å².